The predicted octanol–water partition coefficient (Wildman–Crippen LogP) is 3.13. The van der Waals surface area contributed by atoms with Crippen LogP contribution in [0.4, 0.5) is 5.69 Å². The highest BCUT2D eigenvalue weighted by Crippen LogP contribution is 2.17. The summed E-state index contributed by atoms with van der Waals surface area (Å²) in [5.74, 6) is 0.771. The molecule has 7 nitrogen and oxygen atoms in total. The SMILES string of the molecule is CCC(=O)Nc1ccc(OCc2cc(C(=O)NC(C)CC)no2)cc1. The third-order valence-electron chi connectivity index (χ3n) is 3.62. The van der Waals surface area contributed by atoms with Crippen molar-refractivity contribution in [3.63, 3.8) is 0 Å². The fraction of sp³-hybridized carbons (Fsp3) is 0.389. The molecule has 1 heterocycles. The molecule has 0 saturated heterocycles. The van der Waals surface area contributed by atoms with E-state index in [4.69, 9.17) is 9.26 Å². The van der Waals surface area contributed by atoms with Gasteiger partial charge < -0.3 is 19.9 Å². The molecular weight excluding hydrogens is 322 g/mol. The molecule has 1 atom stereocenters. The molecule has 0 aliphatic carbocycles. The highest BCUT2D eigenvalue weighted by Gasteiger charge is 2.14. The number of hydrogen-bond acceptors (Lipinski definition) is 5. The van der Waals surface area contributed by atoms with E-state index in [1.54, 1.807) is 37.3 Å². The van der Waals surface area contributed by atoms with E-state index in [1.807, 2.05) is 13.8 Å². The van der Waals surface area contributed by atoms with Crippen molar-refractivity contribution in [1.29, 1.82) is 0 Å². The van der Waals surface area contributed by atoms with E-state index in [0.717, 1.165) is 6.42 Å². The van der Waals surface area contributed by atoms with Gasteiger partial charge in [0.2, 0.25) is 5.91 Å². The summed E-state index contributed by atoms with van der Waals surface area (Å²) in [5.41, 5.74) is 0.944. The maximum absolute atomic E-state index is 11.9. The molecule has 7 heteroatoms. The van der Waals surface area contributed by atoms with Crippen LogP contribution in [0.3, 0.4) is 0 Å². The second-order valence-corrected chi connectivity index (χ2v) is 5.68. The van der Waals surface area contributed by atoms with Crippen molar-refractivity contribution in [2.45, 2.75) is 46.3 Å². The lowest BCUT2D eigenvalue weighted by Crippen LogP contribution is -2.32. The molecule has 0 aliphatic heterocycles. The lowest BCUT2D eigenvalue weighted by molar-refractivity contribution is -0.115. The normalized spacial score (nSPS) is 11.6. The number of nitrogens with zero attached hydrogens (tertiary/aromatic N) is 1. The minimum Gasteiger partial charge on any atom is -0.486 e. The van der Waals surface area contributed by atoms with E-state index in [2.05, 4.69) is 15.8 Å². The Morgan fingerprint density at radius 2 is 1.96 bits per heavy atom. The predicted molar refractivity (Wildman–Crippen MR) is 93.4 cm³/mol. The molecule has 0 spiro atoms. The monoisotopic (exact) mass is 345 g/mol. The number of carbonyl (C=O) groups excluding carboxylic acids is 2. The Morgan fingerprint density at radius 1 is 1.24 bits per heavy atom. The quantitative estimate of drug-likeness (QED) is 0.766. The van der Waals surface area contributed by atoms with Crippen LogP contribution in [-0.4, -0.2) is 23.0 Å². The zero-order valence-corrected chi connectivity index (χ0v) is 14.7. The van der Waals surface area contributed by atoms with Gasteiger partial charge in [-0.15, -0.1) is 0 Å². The van der Waals surface area contributed by atoms with Crippen molar-refractivity contribution >= 4 is 17.5 Å². The molecular formula is C18H23N3O4. The average Bonchev–Trinajstić information content (AvgIpc) is 3.10. The van der Waals surface area contributed by atoms with Crippen molar-refractivity contribution in [1.82, 2.24) is 10.5 Å². The molecule has 2 rings (SSSR count). The lowest BCUT2D eigenvalue weighted by Gasteiger charge is -2.08. The van der Waals surface area contributed by atoms with Crippen LogP contribution in [0.5, 0.6) is 5.75 Å². The number of rotatable bonds is 8. The van der Waals surface area contributed by atoms with E-state index >= 15 is 0 Å². The van der Waals surface area contributed by atoms with Gasteiger partial charge in [0.05, 0.1) is 0 Å². The molecule has 0 aliphatic rings. The van der Waals surface area contributed by atoms with Gasteiger partial charge in [-0.05, 0) is 37.6 Å². The molecule has 0 fully saturated rings. The molecule has 1 aromatic carbocycles. The summed E-state index contributed by atoms with van der Waals surface area (Å²) < 4.78 is 10.7. The van der Waals surface area contributed by atoms with E-state index in [0.29, 0.717) is 23.6 Å². The smallest absolute Gasteiger partial charge is 0.273 e. The molecule has 2 aromatic rings. The van der Waals surface area contributed by atoms with Crippen molar-refractivity contribution in [2.75, 3.05) is 5.32 Å². The Kier molecular flexibility index (Phi) is 6.56. The standard InChI is InChI=1S/C18H23N3O4/c1-4-12(3)19-18(23)16-10-15(25-21-16)11-24-14-8-6-13(7-9-14)20-17(22)5-2/h6-10,12H,4-5,11H2,1-3H3,(H,19,23)(H,20,22). The van der Waals surface area contributed by atoms with Gasteiger partial charge >= 0.3 is 0 Å². The van der Waals surface area contributed by atoms with Gasteiger partial charge in [0.15, 0.2) is 11.5 Å². The average molecular weight is 345 g/mol. The summed E-state index contributed by atoms with van der Waals surface area (Å²) in [7, 11) is 0. The summed E-state index contributed by atoms with van der Waals surface area (Å²) in [6.45, 7) is 5.87. The van der Waals surface area contributed by atoms with Gasteiger partial charge in [-0.2, -0.15) is 0 Å². The zero-order chi connectivity index (χ0) is 18.2. The van der Waals surface area contributed by atoms with Crippen molar-refractivity contribution < 1.29 is 18.8 Å². The van der Waals surface area contributed by atoms with Gasteiger partial charge in [-0.3, -0.25) is 9.59 Å². The molecule has 0 saturated carbocycles. The zero-order valence-electron chi connectivity index (χ0n) is 14.7. The van der Waals surface area contributed by atoms with Crippen molar-refractivity contribution in [3.05, 3.63) is 41.8 Å². The Hall–Kier alpha value is -2.83. The summed E-state index contributed by atoms with van der Waals surface area (Å²) in [4.78, 5) is 23.3. The molecule has 1 unspecified atom stereocenters. The first-order chi connectivity index (χ1) is 12.0. The number of benzene rings is 1. The molecule has 2 amide bonds. The number of amides is 2. The Balaban J connectivity index is 1.87. The molecule has 25 heavy (non-hydrogen) atoms. The summed E-state index contributed by atoms with van der Waals surface area (Å²) in [5, 5.41) is 9.34. The molecule has 134 valence electrons. The van der Waals surface area contributed by atoms with Crippen LogP contribution < -0.4 is 15.4 Å². The Bertz CT molecular complexity index is 709. The van der Waals surface area contributed by atoms with Gasteiger partial charge in [-0.25, -0.2) is 0 Å². The topological polar surface area (TPSA) is 93.5 Å². The summed E-state index contributed by atoms with van der Waals surface area (Å²) >= 11 is 0. The van der Waals surface area contributed by atoms with Crippen LogP contribution in [0.25, 0.3) is 0 Å². The van der Waals surface area contributed by atoms with Crippen LogP contribution in [0, 0.1) is 0 Å². The molecule has 0 radical (unpaired) electrons. The maximum Gasteiger partial charge on any atom is 0.273 e. The van der Waals surface area contributed by atoms with Crippen LogP contribution in [0.1, 0.15) is 49.9 Å². The van der Waals surface area contributed by atoms with Crippen LogP contribution >= 0.6 is 0 Å². The highest BCUT2D eigenvalue weighted by molar-refractivity contribution is 5.92. The first-order valence-electron chi connectivity index (χ1n) is 8.31. The lowest BCUT2D eigenvalue weighted by atomic mass is 10.2. The van der Waals surface area contributed by atoms with Gasteiger partial charge in [0.1, 0.15) is 12.4 Å². The van der Waals surface area contributed by atoms with E-state index in [1.165, 1.54) is 0 Å². The highest BCUT2D eigenvalue weighted by atomic mass is 16.5. The van der Waals surface area contributed by atoms with Gasteiger partial charge in [0, 0.05) is 24.2 Å². The van der Waals surface area contributed by atoms with Crippen LogP contribution in [0.15, 0.2) is 34.9 Å². The second-order valence-electron chi connectivity index (χ2n) is 5.68. The van der Waals surface area contributed by atoms with E-state index in [-0.39, 0.29) is 30.2 Å². The van der Waals surface area contributed by atoms with Crippen LogP contribution in [-0.2, 0) is 11.4 Å². The number of hydrogen-bond donors (Lipinski definition) is 2. The molecule has 0 bridgehead atoms. The summed E-state index contributed by atoms with van der Waals surface area (Å²) in [6, 6.07) is 8.66. The Labute approximate surface area is 146 Å². The number of nitrogens with one attached hydrogen (secondary N) is 2. The maximum atomic E-state index is 11.9. The molecule has 1 aromatic heterocycles. The third-order valence-corrected chi connectivity index (χ3v) is 3.62. The first-order valence-corrected chi connectivity index (χ1v) is 8.31. The van der Waals surface area contributed by atoms with Gasteiger partial charge in [0.25, 0.3) is 5.91 Å². The first kappa shape index (κ1) is 18.5. The Morgan fingerprint density at radius 3 is 2.60 bits per heavy atom. The fourth-order valence-electron chi connectivity index (χ4n) is 1.93. The van der Waals surface area contributed by atoms with Crippen molar-refractivity contribution in [2.24, 2.45) is 0 Å². The second kappa shape index (κ2) is 8.86. The number of anilines is 1. The fourth-order valence-corrected chi connectivity index (χ4v) is 1.93. The van der Waals surface area contributed by atoms with Crippen LogP contribution in [0.2, 0.25) is 0 Å². The minimum atomic E-state index is -0.264. The molecule has 2 N–H and O–H groups in total. The number of ether oxygens (including phenoxy) is 1. The number of aromatic nitrogens is 1. The third kappa shape index (κ3) is 5.63. The number of carbonyl (C=O) groups is 2. The minimum absolute atomic E-state index is 0.0430. The van der Waals surface area contributed by atoms with Crippen molar-refractivity contribution in [3.8, 4) is 5.75 Å². The van der Waals surface area contributed by atoms with E-state index in [9.17, 15) is 9.59 Å². The van der Waals surface area contributed by atoms with E-state index < -0.39 is 0 Å². The summed E-state index contributed by atoms with van der Waals surface area (Å²) in [6.07, 6.45) is 1.27. The van der Waals surface area contributed by atoms with Gasteiger partial charge in [-0.1, -0.05) is 19.0 Å². The largest absolute Gasteiger partial charge is 0.486 e.